The van der Waals surface area contributed by atoms with E-state index >= 15 is 0 Å². The van der Waals surface area contributed by atoms with Gasteiger partial charge in [-0.1, -0.05) is 101 Å². The number of rotatable bonds is 4. The van der Waals surface area contributed by atoms with E-state index in [1.807, 2.05) is 83.1 Å². The highest BCUT2D eigenvalue weighted by Gasteiger charge is 2.86. The average molecular weight is 567 g/mol. The molecule has 0 unspecified atom stereocenters. The molecule has 0 radical (unpaired) electrons. The summed E-state index contributed by atoms with van der Waals surface area (Å²) in [6.07, 6.45) is 0.303. The van der Waals surface area contributed by atoms with Crippen LogP contribution in [0.1, 0.15) is 89.5 Å². The van der Waals surface area contributed by atoms with Crippen molar-refractivity contribution in [3.63, 3.8) is 0 Å². The Morgan fingerprint density at radius 2 is 1.10 bits per heavy atom. The molecule has 4 fully saturated rings. The lowest BCUT2D eigenvalue weighted by molar-refractivity contribution is -0.670. The zero-order chi connectivity index (χ0) is 29.7. The molecule has 5 rings (SSSR count). The van der Waals surface area contributed by atoms with E-state index in [0.717, 1.165) is 0 Å². The monoisotopic (exact) mass is 566 g/mol. The number of hydrogen-bond acceptors (Lipinski definition) is 7. The Labute approximate surface area is 233 Å². The third kappa shape index (κ3) is 4.28. The van der Waals surface area contributed by atoms with E-state index in [0.29, 0.717) is 6.42 Å². The summed E-state index contributed by atoms with van der Waals surface area (Å²) in [7, 11) is -4.05. The van der Waals surface area contributed by atoms with E-state index in [1.165, 1.54) is 12.1 Å². The van der Waals surface area contributed by atoms with Gasteiger partial charge in [-0.15, -0.1) is 4.83 Å². The molecule has 4 heterocycles. The molecule has 0 spiro atoms. The molecular weight excluding hydrogens is 520 g/mol. The first kappa shape index (κ1) is 30.4. The molecule has 10 heteroatoms. The largest absolute Gasteiger partial charge is 0.316 e. The molecule has 9 nitrogen and oxygen atoms in total. The first-order valence-electron chi connectivity index (χ1n) is 13.6. The van der Waals surface area contributed by atoms with Crippen LogP contribution in [0.5, 0.6) is 0 Å². The second kappa shape index (κ2) is 8.49. The van der Waals surface area contributed by atoms with Crippen LogP contribution < -0.4 is 10.3 Å². The molecule has 0 saturated carbocycles. The molecule has 0 aromatic heterocycles. The molecule has 4 bridgehead atoms. The van der Waals surface area contributed by atoms with Gasteiger partial charge in [0.15, 0.2) is 23.1 Å². The van der Waals surface area contributed by atoms with Crippen LogP contribution in [0, 0.1) is 27.6 Å². The van der Waals surface area contributed by atoms with Crippen LogP contribution >= 0.6 is 0 Å². The molecule has 0 aliphatic carbocycles. The zero-order valence-electron chi connectivity index (χ0n) is 25.4. The van der Waals surface area contributed by atoms with Crippen molar-refractivity contribution in [3.05, 3.63) is 30.3 Å². The highest BCUT2D eigenvalue weighted by Crippen LogP contribution is 2.73. The van der Waals surface area contributed by atoms with Crippen molar-refractivity contribution < 1.29 is 32.2 Å². The number of ether oxygens (including phenoxy) is 4. The predicted molar refractivity (Wildman–Crippen MR) is 146 cm³/mol. The number of benzene rings is 1. The number of hydrogen-bond donors (Lipinski definition) is 2. The molecule has 1 aromatic carbocycles. The maximum Gasteiger partial charge on any atom is 0.257 e. The Hall–Kier alpha value is -1.56. The van der Waals surface area contributed by atoms with Gasteiger partial charge in [0.2, 0.25) is 5.91 Å². The Kier molecular flexibility index (Phi) is 6.61. The van der Waals surface area contributed by atoms with Gasteiger partial charge in [-0.05, 0) is 12.1 Å². The molecule has 1 amide bonds. The highest BCUT2D eigenvalue weighted by atomic mass is 32.2. The van der Waals surface area contributed by atoms with Crippen molar-refractivity contribution in [1.82, 2.24) is 10.3 Å². The Morgan fingerprint density at radius 1 is 0.718 bits per heavy atom. The summed E-state index contributed by atoms with van der Waals surface area (Å²) < 4.78 is 53.8. The summed E-state index contributed by atoms with van der Waals surface area (Å²) in [4.78, 5) is 16.5. The number of amides is 1. The van der Waals surface area contributed by atoms with Gasteiger partial charge in [-0.25, -0.2) is 8.42 Å². The third-order valence-corrected chi connectivity index (χ3v) is 9.76. The first-order chi connectivity index (χ1) is 17.4. The molecule has 2 N–H and O–H groups in total. The minimum absolute atomic E-state index is 0.0184. The predicted octanol–water partition coefficient (Wildman–Crippen LogP) is 5.08. The highest BCUT2D eigenvalue weighted by molar-refractivity contribution is 7.89. The minimum atomic E-state index is -4.05. The molecule has 220 valence electrons. The third-order valence-electron chi connectivity index (χ3n) is 8.49. The number of nitrogens with one attached hydrogen (secondary N) is 2. The van der Waals surface area contributed by atoms with Gasteiger partial charge >= 0.3 is 0 Å². The number of carbonyl (C=O) groups is 1. The van der Waals surface area contributed by atoms with Crippen LogP contribution in [0.3, 0.4) is 0 Å². The molecule has 39 heavy (non-hydrogen) atoms. The van der Waals surface area contributed by atoms with Crippen molar-refractivity contribution in [1.29, 1.82) is 0 Å². The second-order valence-electron chi connectivity index (χ2n) is 15.3. The number of sulfonamides is 1. The fourth-order valence-corrected chi connectivity index (χ4v) is 6.68. The fraction of sp³-hybridized carbons (Fsp3) is 0.759. The summed E-state index contributed by atoms with van der Waals surface area (Å²) in [6, 6.07) is 7.83. The van der Waals surface area contributed by atoms with Crippen molar-refractivity contribution in [2.45, 2.75) is 118 Å². The van der Waals surface area contributed by atoms with Gasteiger partial charge in [0, 0.05) is 21.7 Å². The molecule has 4 saturated heterocycles. The number of carbonyl (C=O) groups excluding carboxylic acids is 1. The normalized spacial score (nSPS) is 35.2. The lowest BCUT2D eigenvalue weighted by atomic mass is 9.59. The average Bonchev–Trinajstić information content (AvgIpc) is 2.75. The van der Waals surface area contributed by atoms with E-state index < -0.39 is 66.7 Å². The SMILES string of the molecule is CC(C)(C)C12CC3(C(C)(C)C)OC(C(C)(C)C)(O1)C(C(=O)NNS(=O)(=O)c1ccccc1)C(C(C)(C)C)(O2)O3. The lowest BCUT2D eigenvalue weighted by Crippen LogP contribution is -2.90. The fourth-order valence-electron chi connectivity index (χ4n) is 5.81. The summed E-state index contributed by atoms with van der Waals surface area (Å²) >= 11 is 0. The summed E-state index contributed by atoms with van der Waals surface area (Å²) in [5.41, 5.74) is -0.124. The quantitative estimate of drug-likeness (QED) is 0.489. The maximum atomic E-state index is 14.3. The van der Waals surface area contributed by atoms with Gasteiger partial charge in [0.25, 0.3) is 10.0 Å². The summed E-state index contributed by atoms with van der Waals surface area (Å²) in [6.45, 7) is 24.0. The lowest BCUT2D eigenvalue weighted by Gasteiger charge is -2.78. The van der Waals surface area contributed by atoms with Crippen LogP contribution in [0.4, 0.5) is 0 Å². The first-order valence-corrected chi connectivity index (χ1v) is 15.0. The van der Waals surface area contributed by atoms with Gasteiger partial charge in [-0.3, -0.25) is 10.2 Å². The van der Waals surface area contributed by atoms with Crippen molar-refractivity contribution in [2.75, 3.05) is 0 Å². The van der Waals surface area contributed by atoms with Gasteiger partial charge in [0.05, 0.1) is 11.3 Å². The van der Waals surface area contributed by atoms with E-state index in [9.17, 15) is 13.2 Å². The van der Waals surface area contributed by atoms with Crippen LogP contribution in [-0.2, 0) is 33.8 Å². The smallest absolute Gasteiger partial charge is 0.257 e. The van der Waals surface area contributed by atoms with Crippen molar-refractivity contribution in [3.8, 4) is 0 Å². The van der Waals surface area contributed by atoms with Crippen molar-refractivity contribution >= 4 is 15.9 Å². The van der Waals surface area contributed by atoms with Crippen molar-refractivity contribution in [2.24, 2.45) is 27.6 Å². The Balaban J connectivity index is 1.91. The standard InChI is InChI=1S/C29H46N2O7S/c1-22(2,3)26-18-27(23(4,5)6)37-28(35-26,24(7,8)9)20(29(36-26,38-27)25(10,11)12)21(32)30-31-39(33,34)19-16-14-13-15-17-19/h13-17,20,31H,18H2,1-12H3,(H,30,32). The van der Waals surface area contributed by atoms with Gasteiger partial charge in [0.1, 0.15) is 5.92 Å². The van der Waals surface area contributed by atoms with Crippen LogP contribution in [0.2, 0.25) is 0 Å². The minimum Gasteiger partial charge on any atom is -0.316 e. The van der Waals surface area contributed by atoms with E-state index in [4.69, 9.17) is 18.9 Å². The van der Waals surface area contributed by atoms with Gasteiger partial charge < -0.3 is 18.9 Å². The van der Waals surface area contributed by atoms with E-state index in [2.05, 4.69) is 10.3 Å². The van der Waals surface area contributed by atoms with Crippen LogP contribution in [0.25, 0.3) is 0 Å². The second-order valence-corrected chi connectivity index (χ2v) is 16.9. The van der Waals surface area contributed by atoms with Crippen LogP contribution in [-0.4, -0.2) is 37.5 Å². The van der Waals surface area contributed by atoms with E-state index in [1.54, 1.807) is 18.2 Å². The topological polar surface area (TPSA) is 112 Å². The number of hydrazine groups is 1. The molecule has 1 aromatic rings. The molecule has 4 aliphatic rings. The van der Waals surface area contributed by atoms with Crippen LogP contribution in [0.15, 0.2) is 35.2 Å². The molecular formula is C29H46N2O7S. The summed E-state index contributed by atoms with van der Waals surface area (Å²) in [5, 5.41) is 0. The summed E-state index contributed by atoms with van der Waals surface area (Å²) in [5.74, 6) is -7.24. The van der Waals surface area contributed by atoms with E-state index in [-0.39, 0.29) is 4.90 Å². The molecule has 4 aliphatic heterocycles. The zero-order valence-corrected chi connectivity index (χ0v) is 26.3. The maximum absolute atomic E-state index is 14.3. The Morgan fingerprint density at radius 3 is 1.44 bits per heavy atom. The Bertz CT molecular complexity index is 1170. The molecule has 0 atom stereocenters. The van der Waals surface area contributed by atoms with Gasteiger partial charge in [-0.2, -0.15) is 0 Å².